The van der Waals surface area contributed by atoms with Crippen LogP contribution in [0.25, 0.3) is 10.8 Å². The lowest BCUT2D eigenvalue weighted by atomic mass is 10.1. The van der Waals surface area contributed by atoms with Crippen molar-refractivity contribution in [3.8, 4) is 11.8 Å². The van der Waals surface area contributed by atoms with Crippen LogP contribution < -0.4 is 0 Å². The van der Waals surface area contributed by atoms with Crippen molar-refractivity contribution in [1.82, 2.24) is 4.98 Å². The Hall–Kier alpha value is -1.46. The molecule has 1 aromatic carbocycles. The smallest absolute Gasteiger partial charge is 0.0521 e. The zero-order valence-electron chi connectivity index (χ0n) is 7.57. The molecule has 2 aromatic rings. The predicted molar refractivity (Wildman–Crippen MR) is 62.5 cm³/mol. The van der Waals surface area contributed by atoms with Gasteiger partial charge in [-0.3, -0.25) is 4.98 Å². The molecule has 2 rings (SSSR count). The van der Waals surface area contributed by atoms with Gasteiger partial charge in [-0.05, 0) is 23.6 Å². The Morgan fingerprint density at radius 2 is 2.14 bits per heavy atom. The number of hydrogen-bond donors (Lipinski definition) is 1. The molecule has 0 radical (unpaired) electrons. The van der Waals surface area contributed by atoms with E-state index >= 15 is 0 Å². The van der Waals surface area contributed by atoms with E-state index in [0.29, 0.717) is 5.75 Å². The third-order valence-electron chi connectivity index (χ3n) is 1.95. The van der Waals surface area contributed by atoms with Crippen molar-refractivity contribution >= 4 is 23.4 Å². The van der Waals surface area contributed by atoms with Gasteiger partial charge in [0.1, 0.15) is 0 Å². The fraction of sp³-hybridized carbons (Fsp3) is 0.0833. The minimum Gasteiger partial charge on any atom is -0.264 e. The van der Waals surface area contributed by atoms with Crippen molar-refractivity contribution in [2.24, 2.45) is 0 Å². The highest BCUT2D eigenvalue weighted by molar-refractivity contribution is 7.80. The monoisotopic (exact) mass is 199 g/mol. The van der Waals surface area contributed by atoms with Crippen molar-refractivity contribution in [2.45, 2.75) is 0 Å². The first kappa shape index (κ1) is 9.11. The SMILES string of the molecule is SCC#Cc1ccc2cnccc2c1. The molecule has 0 unspecified atom stereocenters. The fourth-order valence-corrected chi connectivity index (χ4v) is 1.38. The van der Waals surface area contributed by atoms with E-state index in [9.17, 15) is 0 Å². The van der Waals surface area contributed by atoms with Crippen LogP contribution in [0.5, 0.6) is 0 Å². The molecule has 0 fully saturated rings. The van der Waals surface area contributed by atoms with Gasteiger partial charge in [0.15, 0.2) is 0 Å². The van der Waals surface area contributed by atoms with Gasteiger partial charge in [0.05, 0.1) is 5.75 Å². The van der Waals surface area contributed by atoms with Crippen LogP contribution >= 0.6 is 12.6 Å². The second-order valence-corrected chi connectivity index (χ2v) is 3.21. The van der Waals surface area contributed by atoms with Gasteiger partial charge in [-0.1, -0.05) is 17.9 Å². The molecule has 68 valence electrons. The third kappa shape index (κ3) is 1.89. The fourth-order valence-electron chi connectivity index (χ4n) is 1.30. The molecular formula is C12H9NS. The Morgan fingerprint density at radius 3 is 3.00 bits per heavy atom. The highest BCUT2D eigenvalue weighted by Gasteiger charge is 1.92. The van der Waals surface area contributed by atoms with E-state index in [4.69, 9.17) is 0 Å². The lowest BCUT2D eigenvalue weighted by Gasteiger charge is -1.96. The summed E-state index contributed by atoms with van der Waals surface area (Å²) in [6.07, 6.45) is 3.64. The molecule has 0 N–H and O–H groups in total. The quantitative estimate of drug-likeness (QED) is 0.508. The summed E-state index contributed by atoms with van der Waals surface area (Å²) in [5, 5.41) is 2.31. The highest BCUT2D eigenvalue weighted by Crippen LogP contribution is 2.13. The summed E-state index contributed by atoms with van der Waals surface area (Å²) in [4.78, 5) is 4.06. The summed E-state index contributed by atoms with van der Waals surface area (Å²) < 4.78 is 0. The minimum absolute atomic E-state index is 0.592. The predicted octanol–water partition coefficient (Wildman–Crippen LogP) is 2.52. The van der Waals surface area contributed by atoms with Crippen LogP contribution in [0.2, 0.25) is 0 Å². The number of nitrogens with zero attached hydrogens (tertiary/aromatic N) is 1. The Bertz CT molecular complexity index is 508. The molecule has 0 saturated heterocycles. The zero-order valence-corrected chi connectivity index (χ0v) is 8.46. The number of rotatable bonds is 0. The molecule has 1 nitrogen and oxygen atoms in total. The molecule has 0 atom stereocenters. The number of thiol groups is 1. The minimum atomic E-state index is 0.592. The van der Waals surface area contributed by atoms with Crippen molar-refractivity contribution in [3.05, 3.63) is 42.2 Å². The molecule has 1 aromatic heterocycles. The van der Waals surface area contributed by atoms with Crippen LogP contribution in [0, 0.1) is 11.8 Å². The molecule has 2 heteroatoms. The summed E-state index contributed by atoms with van der Waals surface area (Å²) in [5.41, 5.74) is 1.03. The van der Waals surface area contributed by atoms with Gasteiger partial charge in [0.2, 0.25) is 0 Å². The van der Waals surface area contributed by atoms with Crippen molar-refractivity contribution in [3.63, 3.8) is 0 Å². The summed E-state index contributed by atoms with van der Waals surface area (Å²) in [6.45, 7) is 0. The second kappa shape index (κ2) is 4.17. The molecule has 0 bridgehead atoms. The van der Waals surface area contributed by atoms with Crippen LogP contribution in [-0.2, 0) is 0 Å². The van der Waals surface area contributed by atoms with Crippen molar-refractivity contribution in [2.75, 3.05) is 5.75 Å². The Morgan fingerprint density at radius 1 is 1.21 bits per heavy atom. The maximum Gasteiger partial charge on any atom is 0.0521 e. The second-order valence-electron chi connectivity index (χ2n) is 2.90. The highest BCUT2D eigenvalue weighted by atomic mass is 32.1. The van der Waals surface area contributed by atoms with Gasteiger partial charge in [-0.25, -0.2) is 0 Å². The van der Waals surface area contributed by atoms with Crippen LogP contribution in [0.15, 0.2) is 36.7 Å². The maximum atomic E-state index is 4.06. The molecular weight excluding hydrogens is 190 g/mol. The maximum absolute atomic E-state index is 4.06. The van der Waals surface area contributed by atoms with E-state index in [1.165, 1.54) is 5.39 Å². The average molecular weight is 199 g/mol. The number of pyridine rings is 1. The van der Waals surface area contributed by atoms with E-state index in [0.717, 1.165) is 10.9 Å². The average Bonchev–Trinajstić information content (AvgIpc) is 2.26. The lowest BCUT2D eigenvalue weighted by molar-refractivity contribution is 1.36. The van der Waals surface area contributed by atoms with Crippen LogP contribution in [0.3, 0.4) is 0 Å². The number of aromatic nitrogens is 1. The molecule has 0 saturated carbocycles. The van der Waals surface area contributed by atoms with Crippen molar-refractivity contribution < 1.29 is 0 Å². The van der Waals surface area contributed by atoms with Gasteiger partial charge in [-0.2, -0.15) is 12.6 Å². The van der Waals surface area contributed by atoms with Gasteiger partial charge in [-0.15, -0.1) is 0 Å². The Kier molecular flexibility index (Phi) is 2.71. The summed E-state index contributed by atoms with van der Waals surface area (Å²) >= 11 is 4.04. The molecule has 0 amide bonds. The number of hydrogen-bond acceptors (Lipinski definition) is 2. The van der Waals surface area contributed by atoms with E-state index in [2.05, 4.69) is 35.5 Å². The Balaban J connectivity index is 2.51. The lowest BCUT2D eigenvalue weighted by Crippen LogP contribution is -1.78. The van der Waals surface area contributed by atoms with E-state index in [1.54, 1.807) is 6.20 Å². The largest absolute Gasteiger partial charge is 0.264 e. The first-order valence-corrected chi connectivity index (χ1v) is 4.97. The zero-order chi connectivity index (χ0) is 9.80. The summed E-state index contributed by atoms with van der Waals surface area (Å²) in [7, 11) is 0. The van der Waals surface area contributed by atoms with Gasteiger partial charge in [0.25, 0.3) is 0 Å². The summed E-state index contributed by atoms with van der Waals surface area (Å²) in [5.74, 6) is 6.56. The molecule has 0 aliphatic rings. The molecule has 1 heterocycles. The first-order valence-electron chi connectivity index (χ1n) is 4.33. The third-order valence-corrected chi connectivity index (χ3v) is 2.11. The number of fused-ring (bicyclic) bond motifs is 1. The normalized spacial score (nSPS) is 9.50. The van der Waals surface area contributed by atoms with Crippen LogP contribution in [0.4, 0.5) is 0 Å². The molecule has 14 heavy (non-hydrogen) atoms. The van der Waals surface area contributed by atoms with E-state index in [1.807, 2.05) is 24.4 Å². The van der Waals surface area contributed by atoms with Gasteiger partial charge >= 0.3 is 0 Å². The van der Waals surface area contributed by atoms with E-state index < -0.39 is 0 Å². The Labute approximate surface area is 88.6 Å². The van der Waals surface area contributed by atoms with Crippen molar-refractivity contribution in [1.29, 1.82) is 0 Å². The van der Waals surface area contributed by atoms with E-state index in [-0.39, 0.29) is 0 Å². The first-order chi connectivity index (χ1) is 6.90. The molecule has 0 spiro atoms. The standard InChI is InChI=1S/C12H9NS/c14-7-1-2-10-3-4-12-9-13-6-5-11(12)8-10/h3-6,8-9,14H,7H2. The van der Waals surface area contributed by atoms with Crippen LogP contribution in [0.1, 0.15) is 5.56 Å². The molecule has 0 aliphatic heterocycles. The topological polar surface area (TPSA) is 12.9 Å². The van der Waals surface area contributed by atoms with Gasteiger partial charge < -0.3 is 0 Å². The van der Waals surface area contributed by atoms with Gasteiger partial charge in [0, 0.05) is 23.3 Å². The number of benzene rings is 1. The summed E-state index contributed by atoms with van der Waals surface area (Å²) in [6, 6.07) is 8.08. The van der Waals surface area contributed by atoms with Crippen LogP contribution in [-0.4, -0.2) is 10.7 Å². The molecule has 0 aliphatic carbocycles.